The number of nitrogens with zero attached hydrogens (tertiary/aromatic N) is 5. The van der Waals surface area contributed by atoms with Crippen molar-refractivity contribution in [2.24, 2.45) is 0 Å². The van der Waals surface area contributed by atoms with Gasteiger partial charge in [-0.3, -0.25) is 14.8 Å². The number of halogens is 2. The van der Waals surface area contributed by atoms with Gasteiger partial charge in [-0.1, -0.05) is 23.7 Å². The lowest BCUT2D eigenvalue weighted by atomic mass is 10.2. The van der Waals surface area contributed by atoms with Gasteiger partial charge < -0.3 is 0 Å². The molecule has 0 aliphatic carbocycles. The zero-order valence-corrected chi connectivity index (χ0v) is 15.1. The maximum atomic E-state index is 12.1. The number of hydrogen-bond donors (Lipinski definition) is 1. The van der Waals surface area contributed by atoms with Crippen molar-refractivity contribution in [2.45, 2.75) is 20.0 Å². The lowest BCUT2D eigenvalue weighted by Gasteiger charge is -2.04. The number of aromatic nitrogens is 5. The summed E-state index contributed by atoms with van der Waals surface area (Å²) in [5.74, 6) is 0.0239. The van der Waals surface area contributed by atoms with Gasteiger partial charge in [-0.05, 0) is 40.5 Å². The third kappa shape index (κ3) is 4.01. The number of benzene rings is 1. The first-order chi connectivity index (χ1) is 11.5. The Bertz CT molecular complexity index is 857. The monoisotopic (exact) mass is 408 g/mol. The number of carbonyl (C=O) groups excluding carboxylic acids is 1. The van der Waals surface area contributed by atoms with Gasteiger partial charge in [0.1, 0.15) is 12.9 Å². The smallest absolute Gasteiger partial charge is 0.248 e. The van der Waals surface area contributed by atoms with Crippen LogP contribution in [0.4, 0.5) is 5.95 Å². The van der Waals surface area contributed by atoms with E-state index in [0.717, 1.165) is 15.7 Å². The summed E-state index contributed by atoms with van der Waals surface area (Å²) in [5, 5.41) is 11.7. The Balaban J connectivity index is 1.60. The molecule has 2 heterocycles. The number of anilines is 1. The van der Waals surface area contributed by atoms with Crippen molar-refractivity contribution in [1.29, 1.82) is 0 Å². The lowest BCUT2D eigenvalue weighted by Crippen LogP contribution is -2.21. The number of carbonyl (C=O) groups is 1. The predicted octanol–water partition coefficient (Wildman–Crippen LogP) is 2.89. The van der Waals surface area contributed by atoms with Crippen molar-refractivity contribution in [2.75, 3.05) is 5.32 Å². The molecule has 0 aliphatic heterocycles. The zero-order chi connectivity index (χ0) is 17.1. The molecule has 3 aromatic rings. The fourth-order valence-electron chi connectivity index (χ4n) is 2.09. The molecule has 124 valence electrons. The average molecular weight is 410 g/mol. The van der Waals surface area contributed by atoms with Crippen LogP contribution in [0.15, 0.2) is 41.3 Å². The standard InChI is InChI=1S/C15H14BrClN6O/c1-10-13(16)6-19-23(10)8-14(24)20-15-18-9-22(21-15)7-11-2-4-12(17)5-3-11/h2-6,9H,7-8H2,1H3,(H,20,21,24). The van der Waals surface area contributed by atoms with E-state index < -0.39 is 0 Å². The van der Waals surface area contributed by atoms with E-state index in [2.05, 4.69) is 36.4 Å². The minimum atomic E-state index is -0.238. The second-order valence-electron chi connectivity index (χ2n) is 5.18. The Labute approximate surface area is 151 Å². The molecule has 2 aromatic heterocycles. The minimum Gasteiger partial charge on any atom is -0.292 e. The second-order valence-corrected chi connectivity index (χ2v) is 6.47. The third-order valence-corrected chi connectivity index (χ3v) is 4.41. The molecule has 0 atom stereocenters. The van der Waals surface area contributed by atoms with Crippen molar-refractivity contribution >= 4 is 39.4 Å². The topological polar surface area (TPSA) is 77.6 Å². The summed E-state index contributed by atoms with van der Waals surface area (Å²) < 4.78 is 4.11. The van der Waals surface area contributed by atoms with E-state index >= 15 is 0 Å². The molecule has 0 saturated heterocycles. The molecular weight excluding hydrogens is 396 g/mol. The molecule has 0 spiro atoms. The Hall–Kier alpha value is -2.19. The van der Waals surface area contributed by atoms with Crippen LogP contribution >= 0.6 is 27.5 Å². The summed E-state index contributed by atoms with van der Waals surface area (Å²) in [7, 11) is 0. The lowest BCUT2D eigenvalue weighted by molar-refractivity contribution is -0.117. The van der Waals surface area contributed by atoms with Gasteiger partial charge in [-0.15, -0.1) is 5.10 Å². The molecular formula is C15H14BrClN6O. The number of hydrogen-bond acceptors (Lipinski definition) is 4. The quantitative estimate of drug-likeness (QED) is 0.703. The Morgan fingerprint density at radius 1 is 1.33 bits per heavy atom. The van der Waals surface area contributed by atoms with Crippen molar-refractivity contribution in [1.82, 2.24) is 24.5 Å². The molecule has 7 nitrogen and oxygen atoms in total. The number of nitrogens with one attached hydrogen (secondary N) is 1. The van der Waals surface area contributed by atoms with Crippen LogP contribution in [0.2, 0.25) is 5.02 Å². The van der Waals surface area contributed by atoms with Crippen LogP contribution < -0.4 is 5.32 Å². The van der Waals surface area contributed by atoms with E-state index in [-0.39, 0.29) is 18.4 Å². The third-order valence-electron chi connectivity index (χ3n) is 3.38. The maximum absolute atomic E-state index is 12.1. The summed E-state index contributed by atoms with van der Waals surface area (Å²) in [5.41, 5.74) is 1.92. The van der Waals surface area contributed by atoms with Crippen molar-refractivity contribution in [3.05, 3.63) is 57.5 Å². The normalized spacial score (nSPS) is 10.8. The van der Waals surface area contributed by atoms with Crippen molar-refractivity contribution < 1.29 is 4.79 Å². The maximum Gasteiger partial charge on any atom is 0.248 e. The first kappa shape index (κ1) is 16.7. The molecule has 0 radical (unpaired) electrons. The van der Waals surface area contributed by atoms with Gasteiger partial charge in [0.05, 0.1) is 22.9 Å². The van der Waals surface area contributed by atoms with Crippen LogP contribution in [0.25, 0.3) is 0 Å². The fraction of sp³-hybridized carbons (Fsp3) is 0.200. The average Bonchev–Trinajstić information content (AvgIpc) is 3.11. The zero-order valence-electron chi connectivity index (χ0n) is 12.8. The predicted molar refractivity (Wildman–Crippen MR) is 93.9 cm³/mol. The highest BCUT2D eigenvalue weighted by molar-refractivity contribution is 9.10. The Morgan fingerprint density at radius 3 is 2.75 bits per heavy atom. The number of amides is 1. The molecule has 0 bridgehead atoms. The Kier molecular flexibility index (Phi) is 4.96. The van der Waals surface area contributed by atoms with Crippen LogP contribution in [0.3, 0.4) is 0 Å². The molecule has 24 heavy (non-hydrogen) atoms. The first-order valence-electron chi connectivity index (χ1n) is 7.13. The van der Waals surface area contributed by atoms with E-state index in [1.54, 1.807) is 21.9 Å². The highest BCUT2D eigenvalue weighted by Gasteiger charge is 2.11. The summed E-state index contributed by atoms with van der Waals surface area (Å²) in [6.07, 6.45) is 3.22. The molecule has 3 rings (SSSR count). The van der Waals surface area contributed by atoms with Gasteiger partial charge in [0.2, 0.25) is 11.9 Å². The van der Waals surface area contributed by atoms with Crippen LogP contribution in [0.5, 0.6) is 0 Å². The van der Waals surface area contributed by atoms with Gasteiger partial charge in [-0.25, -0.2) is 9.67 Å². The molecule has 0 fully saturated rings. The molecule has 0 aliphatic rings. The second kappa shape index (κ2) is 7.14. The molecule has 1 aromatic carbocycles. The van der Waals surface area contributed by atoms with Crippen LogP contribution in [0.1, 0.15) is 11.3 Å². The Morgan fingerprint density at radius 2 is 2.08 bits per heavy atom. The van der Waals surface area contributed by atoms with Gasteiger partial charge >= 0.3 is 0 Å². The molecule has 1 amide bonds. The van der Waals surface area contributed by atoms with Gasteiger partial charge in [0, 0.05) is 5.02 Å². The summed E-state index contributed by atoms with van der Waals surface area (Å²) in [6.45, 7) is 2.53. The van der Waals surface area contributed by atoms with E-state index in [4.69, 9.17) is 11.6 Å². The minimum absolute atomic E-state index is 0.100. The largest absolute Gasteiger partial charge is 0.292 e. The summed E-state index contributed by atoms with van der Waals surface area (Å²) in [6, 6.07) is 7.48. The fourth-order valence-corrected chi connectivity index (χ4v) is 2.51. The van der Waals surface area contributed by atoms with Gasteiger partial charge in [0.25, 0.3) is 0 Å². The van der Waals surface area contributed by atoms with Crippen LogP contribution in [-0.4, -0.2) is 30.5 Å². The number of rotatable bonds is 5. The van der Waals surface area contributed by atoms with E-state index in [1.807, 2.05) is 31.2 Å². The SMILES string of the molecule is Cc1c(Br)cnn1CC(=O)Nc1ncn(Cc2ccc(Cl)cc2)n1. The van der Waals surface area contributed by atoms with Crippen LogP contribution in [-0.2, 0) is 17.9 Å². The van der Waals surface area contributed by atoms with E-state index in [0.29, 0.717) is 11.6 Å². The molecule has 0 saturated carbocycles. The molecule has 0 unspecified atom stereocenters. The van der Waals surface area contributed by atoms with Crippen LogP contribution in [0, 0.1) is 6.92 Å². The summed E-state index contributed by atoms with van der Waals surface area (Å²) in [4.78, 5) is 16.2. The van der Waals surface area contributed by atoms with Gasteiger partial charge in [0.15, 0.2) is 0 Å². The first-order valence-corrected chi connectivity index (χ1v) is 8.30. The van der Waals surface area contributed by atoms with Gasteiger partial charge in [-0.2, -0.15) is 5.10 Å². The highest BCUT2D eigenvalue weighted by Crippen LogP contribution is 2.14. The molecule has 1 N–H and O–H groups in total. The van der Waals surface area contributed by atoms with Crippen molar-refractivity contribution in [3.8, 4) is 0 Å². The van der Waals surface area contributed by atoms with E-state index in [9.17, 15) is 4.79 Å². The molecule has 9 heteroatoms. The van der Waals surface area contributed by atoms with Crippen molar-refractivity contribution in [3.63, 3.8) is 0 Å². The highest BCUT2D eigenvalue weighted by atomic mass is 79.9. The van der Waals surface area contributed by atoms with E-state index in [1.165, 1.54) is 0 Å². The summed E-state index contributed by atoms with van der Waals surface area (Å²) >= 11 is 9.22.